The molecule has 1 amide bonds. The molecule has 0 unspecified atom stereocenters. The summed E-state index contributed by atoms with van der Waals surface area (Å²) < 4.78 is 0. The number of carbonyl (C=O) groups is 1. The van der Waals surface area contributed by atoms with Crippen molar-refractivity contribution in [1.82, 2.24) is 5.32 Å². The van der Waals surface area contributed by atoms with Crippen molar-refractivity contribution in [2.45, 2.75) is 24.9 Å². The molecule has 2 aromatic carbocycles. The van der Waals surface area contributed by atoms with Gasteiger partial charge in [0.1, 0.15) is 5.66 Å². The SMILES string of the molecule is CC1(C)c2ccccc2N2CC(=O)N[C@]21/C=C/c1c(Cl)cccc1Cl. The first-order chi connectivity index (χ1) is 11.9. The second-order valence-corrected chi connectivity index (χ2v) is 7.83. The Labute approximate surface area is 157 Å². The topological polar surface area (TPSA) is 32.3 Å². The van der Waals surface area contributed by atoms with Crippen LogP contribution in [0.3, 0.4) is 0 Å². The highest BCUT2D eigenvalue weighted by Gasteiger charge is 2.59. The number of hydrogen-bond acceptors (Lipinski definition) is 2. The predicted molar refractivity (Wildman–Crippen MR) is 103 cm³/mol. The second kappa shape index (κ2) is 5.52. The van der Waals surface area contributed by atoms with E-state index in [1.165, 1.54) is 5.56 Å². The molecule has 0 bridgehead atoms. The van der Waals surface area contributed by atoms with E-state index in [2.05, 4.69) is 36.2 Å². The van der Waals surface area contributed by atoms with E-state index in [0.717, 1.165) is 11.3 Å². The quantitative estimate of drug-likeness (QED) is 0.833. The maximum atomic E-state index is 12.3. The first-order valence-electron chi connectivity index (χ1n) is 8.18. The van der Waals surface area contributed by atoms with Crippen LogP contribution in [-0.4, -0.2) is 18.1 Å². The average molecular weight is 373 g/mol. The van der Waals surface area contributed by atoms with E-state index in [4.69, 9.17) is 23.2 Å². The number of amides is 1. The molecule has 2 aromatic rings. The molecular formula is C20H18Cl2N2O. The van der Waals surface area contributed by atoms with Crippen molar-refractivity contribution in [3.05, 3.63) is 69.7 Å². The average Bonchev–Trinajstić information content (AvgIpc) is 2.99. The normalized spacial score (nSPS) is 23.7. The third kappa shape index (κ3) is 2.22. The molecule has 1 fully saturated rings. The van der Waals surface area contributed by atoms with E-state index >= 15 is 0 Å². The van der Waals surface area contributed by atoms with Gasteiger partial charge in [-0.3, -0.25) is 4.79 Å². The lowest BCUT2D eigenvalue weighted by Crippen LogP contribution is -2.58. The zero-order valence-electron chi connectivity index (χ0n) is 14.0. The van der Waals surface area contributed by atoms with Crippen LogP contribution >= 0.6 is 23.2 Å². The summed E-state index contributed by atoms with van der Waals surface area (Å²) in [6, 6.07) is 13.7. The summed E-state index contributed by atoms with van der Waals surface area (Å²) in [7, 11) is 0. The van der Waals surface area contributed by atoms with Gasteiger partial charge in [-0.1, -0.05) is 67.4 Å². The van der Waals surface area contributed by atoms with Gasteiger partial charge in [0.05, 0.1) is 6.54 Å². The molecule has 1 saturated heterocycles. The Morgan fingerprint density at radius 1 is 1.08 bits per heavy atom. The third-order valence-corrected chi connectivity index (χ3v) is 6.03. The second-order valence-electron chi connectivity index (χ2n) is 7.01. The van der Waals surface area contributed by atoms with Crippen LogP contribution in [0, 0.1) is 0 Å². The predicted octanol–water partition coefficient (Wildman–Crippen LogP) is 4.63. The zero-order chi connectivity index (χ0) is 17.8. The van der Waals surface area contributed by atoms with Crippen LogP contribution in [0.15, 0.2) is 48.5 Å². The molecular weight excluding hydrogens is 355 g/mol. The molecule has 0 spiro atoms. The summed E-state index contributed by atoms with van der Waals surface area (Å²) in [6.45, 7) is 4.63. The van der Waals surface area contributed by atoms with E-state index in [0.29, 0.717) is 16.6 Å². The van der Waals surface area contributed by atoms with Gasteiger partial charge < -0.3 is 10.2 Å². The molecule has 2 heterocycles. The fourth-order valence-corrected chi connectivity index (χ4v) is 4.54. The number of hydrogen-bond donors (Lipinski definition) is 1. The van der Waals surface area contributed by atoms with Gasteiger partial charge >= 0.3 is 0 Å². The molecule has 5 heteroatoms. The van der Waals surface area contributed by atoms with Crippen molar-refractivity contribution in [2.75, 3.05) is 11.4 Å². The van der Waals surface area contributed by atoms with Gasteiger partial charge in [-0.2, -0.15) is 0 Å². The van der Waals surface area contributed by atoms with Crippen LogP contribution in [0.5, 0.6) is 0 Å². The largest absolute Gasteiger partial charge is 0.335 e. The molecule has 2 aliphatic heterocycles. The molecule has 0 aromatic heterocycles. The van der Waals surface area contributed by atoms with Crippen LogP contribution in [0.1, 0.15) is 25.0 Å². The lowest BCUT2D eigenvalue weighted by atomic mass is 9.75. The first kappa shape index (κ1) is 16.5. The summed E-state index contributed by atoms with van der Waals surface area (Å²) in [4.78, 5) is 14.4. The molecule has 3 nitrogen and oxygen atoms in total. The molecule has 4 rings (SSSR count). The molecule has 0 aliphatic carbocycles. The van der Waals surface area contributed by atoms with Gasteiger partial charge in [-0.15, -0.1) is 0 Å². The minimum atomic E-state index is -0.643. The van der Waals surface area contributed by atoms with Crippen LogP contribution in [0.25, 0.3) is 6.08 Å². The van der Waals surface area contributed by atoms with Gasteiger partial charge in [0.15, 0.2) is 0 Å². The highest BCUT2D eigenvalue weighted by molar-refractivity contribution is 6.37. The Morgan fingerprint density at radius 3 is 2.48 bits per heavy atom. The highest BCUT2D eigenvalue weighted by atomic mass is 35.5. The van der Waals surface area contributed by atoms with E-state index < -0.39 is 5.66 Å². The minimum Gasteiger partial charge on any atom is -0.335 e. The summed E-state index contributed by atoms with van der Waals surface area (Å²) >= 11 is 12.6. The summed E-state index contributed by atoms with van der Waals surface area (Å²) in [6.07, 6.45) is 3.93. The first-order valence-corrected chi connectivity index (χ1v) is 8.94. The fraction of sp³-hybridized carbons (Fsp3) is 0.250. The van der Waals surface area contributed by atoms with Crippen LogP contribution < -0.4 is 10.2 Å². The van der Waals surface area contributed by atoms with Gasteiger partial charge in [-0.05, 0) is 29.8 Å². The van der Waals surface area contributed by atoms with Crippen molar-refractivity contribution < 1.29 is 4.79 Å². The van der Waals surface area contributed by atoms with Gasteiger partial charge in [0.25, 0.3) is 0 Å². The Morgan fingerprint density at radius 2 is 1.76 bits per heavy atom. The number of rotatable bonds is 2. The summed E-state index contributed by atoms with van der Waals surface area (Å²) in [5.41, 5.74) is 2.11. The number of halogens is 2. The zero-order valence-corrected chi connectivity index (χ0v) is 15.5. The van der Waals surface area contributed by atoms with Crippen LogP contribution in [0.2, 0.25) is 10.0 Å². The molecule has 1 atom stereocenters. The third-order valence-electron chi connectivity index (χ3n) is 5.37. The number of nitrogens with zero attached hydrogens (tertiary/aromatic N) is 1. The van der Waals surface area contributed by atoms with Gasteiger partial charge in [0.2, 0.25) is 5.91 Å². The lowest BCUT2D eigenvalue weighted by Gasteiger charge is -2.40. The Hall–Kier alpha value is -1.97. The number of fused-ring (bicyclic) bond motifs is 3. The molecule has 25 heavy (non-hydrogen) atoms. The van der Waals surface area contributed by atoms with Crippen molar-refractivity contribution in [1.29, 1.82) is 0 Å². The van der Waals surface area contributed by atoms with E-state index in [9.17, 15) is 4.79 Å². The molecule has 0 saturated carbocycles. The molecule has 128 valence electrons. The molecule has 1 N–H and O–H groups in total. The van der Waals surface area contributed by atoms with Crippen LogP contribution in [0.4, 0.5) is 5.69 Å². The van der Waals surface area contributed by atoms with Crippen molar-refractivity contribution in [2.24, 2.45) is 0 Å². The van der Waals surface area contributed by atoms with E-state index in [1.54, 1.807) is 0 Å². The summed E-state index contributed by atoms with van der Waals surface area (Å²) in [5, 5.41) is 4.36. The van der Waals surface area contributed by atoms with Gasteiger partial charge in [-0.25, -0.2) is 0 Å². The number of carbonyl (C=O) groups excluding carboxylic acids is 1. The number of benzene rings is 2. The Kier molecular flexibility index (Phi) is 3.64. The lowest BCUT2D eigenvalue weighted by molar-refractivity contribution is -0.118. The number of anilines is 1. The van der Waals surface area contributed by atoms with Gasteiger partial charge in [0, 0.05) is 26.7 Å². The highest BCUT2D eigenvalue weighted by Crippen LogP contribution is 2.52. The summed E-state index contributed by atoms with van der Waals surface area (Å²) in [5.74, 6) is 0.0116. The monoisotopic (exact) mass is 372 g/mol. The van der Waals surface area contributed by atoms with Crippen LogP contribution in [-0.2, 0) is 10.2 Å². The standard InChI is InChI=1S/C20H18Cl2N2O/c1-19(2)14-6-3-4-9-17(14)24-12-18(25)23-20(19,24)11-10-13-15(21)7-5-8-16(13)22/h3-11H,12H2,1-2H3,(H,23,25)/b11-10+/t20-/m1/s1. The van der Waals surface area contributed by atoms with E-state index in [-0.39, 0.29) is 11.3 Å². The smallest absolute Gasteiger partial charge is 0.241 e. The van der Waals surface area contributed by atoms with Crippen molar-refractivity contribution in [3.63, 3.8) is 0 Å². The van der Waals surface area contributed by atoms with Crippen molar-refractivity contribution in [3.8, 4) is 0 Å². The maximum Gasteiger partial charge on any atom is 0.241 e. The van der Waals surface area contributed by atoms with E-state index in [1.807, 2.05) is 42.5 Å². The Balaban J connectivity index is 1.87. The fourth-order valence-electron chi connectivity index (χ4n) is 4.01. The number of nitrogens with one attached hydrogen (secondary N) is 1. The molecule has 2 aliphatic rings. The van der Waals surface area contributed by atoms with Crippen molar-refractivity contribution >= 4 is 40.9 Å². The maximum absolute atomic E-state index is 12.3. The minimum absolute atomic E-state index is 0.0116. The molecule has 0 radical (unpaired) electrons. The Bertz CT molecular complexity index is 886. The number of para-hydroxylation sites is 1.